The molecular formula is C25H29N3O3. The fraction of sp³-hybridized carbons (Fsp3) is 0.400. The Morgan fingerprint density at radius 1 is 0.903 bits per heavy atom. The van der Waals surface area contributed by atoms with Gasteiger partial charge in [-0.3, -0.25) is 20.4 Å². The molecule has 3 rings (SSSR count). The minimum Gasteiger partial charge on any atom is -0.484 e. The second-order valence-electron chi connectivity index (χ2n) is 7.99. The molecule has 0 unspecified atom stereocenters. The summed E-state index contributed by atoms with van der Waals surface area (Å²) < 4.78 is 5.48. The molecule has 2 aromatic rings. The maximum atomic E-state index is 11.9. The van der Waals surface area contributed by atoms with Gasteiger partial charge in [-0.25, -0.2) is 0 Å². The van der Waals surface area contributed by atoms with Gasteiger partial charge in [0.15, 0.2) is 6.61 Å². The first-order valence-corrected chi connectivity index (χ1v) is 10.9. The van der Waals surface area contributed by atoms with Crippen LogP contribution in [-0.2, 0) is 9.59 Å². The highest BCUT2D eigenvalue weighted by atomic mass is 16.5. The first-order chi connectivity index (χ1) is 15.1. The van der Waals surface area contributed by atoms with E-state index in [1.165, 1.54) is 32.1 Å². The van der Waals surface area contributed by atoms with Crippen LogP contribution in [-0.4, -0.2) is 18.4 Å². The number of hydrogen-bond donors (Lipinski definition) is 2. The van der Waals surface area contributed by atoms with Crippen LogP contribution >= 0.6 is 0 Å². The first kappa shape index (κ1) is 22.4. The Bertz CT molecular complexity index is 895. The molecule has 1 fully saturated rings. The van der Waals surface area contributed by atoms with Gasteiger partial charge in [0.1, 0.15) is 5.75 Å². The molecule has 6 nitrogen and oxygen atoms in total. The molecule has 0 bridgehead atoms. The SMILES string of the molecule is N#Cc1ccc(-c2ccc(OCC(=O)NNC(=O)CCCC3CCCCC3)cc2)cc1. The van der Waals surface area contributed by atoms with E-state index in [-0.39, 0.29) is 12.5 Å². The molecule has 0 atom stereocenters. The van der Waals surface area contributed by atoms with Crippen molar-refractivity contribution in [1.29, 1.82) is 5.26 Å². The van der Waals surface area contributed by atoms with E-state index in [2.05, 4.69) is 16.9 Å². The van der Waals surface area contributed by atoms with Gasteiger partial charge in [0, 0.05) is 6.42 Å². The molecule has 0 saturated heterocycles. The van der Waals surface area contributed by atoms with Gasteiger partial charge < -0.3 is 4.74 Å². The van der Waals surface area contributed by atoms with Crippen molar-refractivity contribution in [2.75, 3.05) is 6.61 Å². The fourth-order valence-corrected chi connectivity index (χ4v) is 3.89. The smallest absolute Gasteiger partial charge is 0.276 e. The predicted octanol–water partition coefficient (Wildman–Crippen LogP) is 4.50. The third kappa shape index (κ3) is 7.45. The highest BCUT2D eigenvalue weighted by Gasteiger charge is 2.14. The van der Waals surface area contributed by atoms with Crippen LogP contribution in [0.4, 0.5) is 0 Å². The van der Waals surface area contributed by atoms with Crippen molar-refractivity contribution in [2.24, 2.45) is 5.92 Å². The Morgan fingerprint density at radius 3 is 2.16 bits per heavy atom. The Labute approximate surface area is 183 Å². The van der Waals surface area contributed by atoms with Crippen molar-refractivity contribution in [1.82, 2.24) is 10.9 Å². The molecule has 2 N–H and O–H groups in total. The number of amides is 2. The normalized spacial score (nSPS) is 13.8. The molecule has 0 aromatic heterocycles. The van der Waals surface area contributed by atoms with Crippen LogP contribution in [0.5, 0.6) is 5.75 Å². The number of ether oxygens (including phenoxy) is 1. The highest BCUT2D eigenvalue weighted by molar-refractivity contribution is 5.82. The van der Waals surface area contributed by atoms with E-state index in [9.17, 15) is 9.59 Å². The van der Waals surface area contributed by atoms with E-state index in [0.717, 1.165) is 29.9 Å². The summed E-state index contributed by atoms with van der Waals surface area (Å²) in [7, 11) is 0. The van der Waals surface area contributed by atoms with Crippen LogP contribution in [0.15, 0.2) is 48.5 Å². The van der Waals surface area contributed by atoms with Crippen LogP contribution in [0.1, 0.15) is 56.9 Å². The summed E-state index contributed by atoms with van der Waals surface area (Å²) >= 11 is 0. The Morgan fingerprint density at radius 2 is 1.52 bits per heavy atom. The number of benzene rings is 2. The number of hydrazine groups is 1. The second kappa shape index (κ2) is 11.8. The summed E-state index contributed by atoms with van der Waals surface area (Å²) in [4.78, 5) is 23.8. The monoisotopic (exact) mass is 419 g/mol. The molecule has 0 radical (unpaired) electrons. The molecule has 2 amide bonds. The number of carbonyl (C=O) groups is 2. The predicted molar refractivity (Wildman–Crippen MR) is 119 cm³/mol. The lowest BCUT2D eigenvalue weighted by atomic mass is 9.86. The Balaban J connectivity index is 1.33. The molecule has 0 spiro atoms. The summed E-state index contributed by atoms with van der Waals surface area (Å²) in [5.41, 5.74) is 7.45. The van der Waals surface area contributed by atoms with Gasteiger partial charge in [-0.05, 0) is 54.2 Å². The maximum absolute atomic E-state index is 11.9. The molecular weight excluding hydrogens is 390 g/mol. The molecule has 2 aromatic carbocycles. The Hall–Kier alpha value is -3.33. The van der Waals surface area contributed by atoms with Crippen molar-refractivity contribution < 1.29 is 14.3 Å². The standard InChI is InChI=1S/C25H29N3O3/c26-17-20-9-11-21(12-10-20)22-13-15-23(16-14-22)31-18-25(30)28-27-24(29)8-4-7-19-5-2-1-3-6-19/h9-16,19H,1-8,18H2,(H,27,29)(H,28,30). The molecule has 1 aliphatic rings. The molecule has 31 heavy (non-hydrogen) atoms. The average molecular weight is 420 g/mol. The molecule has 0 aliphatic heterocycles. The highest BCUT2D eigenvalue weighted by Crippen LogP contribution is 2.27. The van der Waals surface area contributed by atoms with Gasteiger partial charge in [-0.15, -0.1) is 0 Å². The zero-order chi connectivity index (χ0) is 21.9. The number of carbonyl (C=O) groups excluding carboxylic acids is 2. The van der Waals surface area contributed by atoms with E-state index in [0.29, 0.717) is 17.7 Å². The summed E-state index contributed by atoms with van der Waals surface area (Å²) in [5.74, 6) is 0.743. The van der Waals surface area contributed by atoms with Crippen molar-refractivity contribution in [3.63, 3.8) is 0 Å². The number of nitriles is 1. The third-order valence-electron chi connectivity index (χ3n) is 5.65. The Kier molecular flexibility index (Phi) is 8.48. The van der Waals surface area contributed by atoms with E-state index in [4.69, 9.17) is 10.00 Å². The first-order valence-electron chi connectivity index (χ1n) is 10.9. The van der Waals surface area contributed by atoms with Crippen molar-refractivity contribution in [2.45, 2.75) is 51.4 Å². The number of rotatable bonds is 8. The summed E-state index contributed by atoms with van der Waals surface area (Å²) in [6, 6.07) is 16.8. The fourth-order valence-electron chi connectivity index (χ4n) is 3.89. The van der Waals surface area contributed by atoms with Gasteiger partial charge in [0.25, 0.3) is 5.91 Å². The zero-order valence-corrected chi connectivity index (χ0v) is 17.7. The quantitative estimate of drug-likeness (QED) is 0.616. The van der Waals surface area contributed by atoms with Gasteiger partial charge in [0.2, 0.25) is 5.91 Å². The van der Waals surface area contributed by atoms with Gasteiger partial charge in [-0.2, -0.15) is 5.26 Å². The van der Waals surface area contributed by atoms with Crippen molar-refractivity contribution in [3.8, 4) is 22.9 Å². The van der Waals surface area contributed by atoms with E-state index in [1.54, 1.807) is 24.3 Å². The molecule has 1 aliphatic carbocycles. The third-order valence-corrected chi connectivity index (χ3v) is 5.65. The summed E-state index contributed by atoms with van der Waals surface area (Å²) in [6.07, 6.45) is 8.89. The van der Waals surface area contributed by atoms with E-state index >= 15 is 0 Å². The minimum atomic E-state index is -0.406. The lowest BCUT2D eigenvalue weighted by Crippen LogP contribution is -2.43. The van der Waals surface area contributed by atoms with Crippen LogP contribution < -0.4 is 15.6 Å². The number of nitrogens with zero attached hydrogens (tertiary/aromatic N) is 1. The maximum Gasteiger partial charge on any atom is 0.276 e. The average Bonchev–Trinajstić information content (AvgIpc) is 2.82. The zero-order valence-electron chi connectivity index (χ0n) is 17.7. The second-order valence-corrected chi connectivity index (χ2v) is 7.99. The number of nitrogens with one attached hydrogen (secondary N) is 2. The summed E-state index contributed by atoms with van der Waals surface area (Å²) in [6.45, 7) is -0.182. The lowest BCUT2D eigenvalue weighted by molar-refractivity contribution is -0.130. The largest absolute Gasteiger partial charge is 0.484 e. The minimum absolute atomic E-state index is 0.170. The van der Waals surface area contributed by atoms with Crippen LogP contribution in [0.2, 0.25) is 0 Å². The molecule has 6 heteroatoms. The molecule has 0 heterocycles. The van der Waals surface area contributed by atoms with Crippen LogP contribution in [0.3, 0.4) is 0 Å². The van der Waals surface area contributed by atoms with E-state index < -0.39 is 5.91 Å². The van der Waals surface area contributed by atoms with Gasteiger partial charge in [0.05, 0.1) is 11.6 Å². The van der Waals surface area contributed by atoms with Gasteiger partial charge >= 0.3 is 0 Å². The topological polar surface area (TPSA) is 91.2 Å². The van der Waals surface area contributed by atoms with Gasteiger partial charge in [-0.1, -0.05) is 56.4 Å². The molecule has 1 saturated carbocycles. The van der Waals surface area contributed by atoms with Crippen LogP contribution in [0, 0.1) is 17.2 Å². The molecule has 162 valence electrons. The lowest BCUT2D eigenvalue weighted by Gasteiger charge is -2.21. The summed E-state index contributed by atoms with van der Waals surface area (Å²) in [5, 5.41) is 8.87. The van der Waals surface area contributed by atoms with E-state index in [1.807, 2.05) is 24.3 Å². The van der Waals surface area contributed by atoms with Crippen molar-refractivity contribution in [3.05, 3.63) is 54.1 Å². The van der Waals surface area contributed by atoms with Crippen LogP contribution in [0.25, 0.3) is 11.1 Å². The number of hydrogen-bond acceptors (Lipinski definition) is 4. The van der Waals surface area contributed by atoms with Crippen molar-refractivity contribution >= 4 is 11.8 Å².